The smallest absolute Gasteiger partial charge is 0.273 e. The van der Waals surface area contributed by atoms with Gasteiger partial charge in [-0.2, -0.15) is 4.98 Å². The summed E-state index contributed by atoms with van der Waals surface area (Å²) in [6.45, 7) is 3.46. The van der Waals surface area contributed by atoms with Crippen LogP contribution in [0.15, 0.2) is 43.0 Å². The number of imidazole rings is 1. The molecule has 1 fully saturated rings. The molecule has 1 atom stereocenters. The lowest BCUT2D eigenvalue weighted by molar-refractivity contribution is -0.0161. The van der Waals surface area contributed by atoms with Crippen LogP contribution < -0.4 is 10.6 Å². The number of carbonyl (C=O) groups excluding carboxylic acids is 1. The van der Waals surface area contributed by atoms with Gasteiger partial charge in [-0.25, -0.2) is 9.97 Å². The number of rotatable bonds is 8. The first-order valence-corrected chi connectivity index (χ1v) is 11.8. The first-order chi connectivity index (χ1) is 16.7. The van der Waals surface area contributed by atoms with Gasteiger partial charge < -0.3 is 25.4 Å². The van der Waals surface area contributed by atoms with Crippen molar-refractivity contribution in [3.63, 3.8) is 0 Å². The van der Waals surface area contributed by atoms with Crippen LogP contribution in [0.4, 0.5) is 5.95 Å². The molecule has 186 valence electrons. The third-order valence-corrected chi connectivity index (χ3v) is 5.96. The Morgan fingerprint density at radius 1 is 1.31 bits per heavy atom. The average Bonchev–Trinajstić information content (AvgIpc) is 3.31. The highest BCUT2D eigenvalue weighted by atomic mass is 35.5. The number of likely N-dealkylation sites (N-methyl/N-ethyl adjacent to an activating group) is 1. The second-order valence-electron chi connectivity index (χ2n) is 8.96. The Morgan fingerprint density at radius 2 is 2.09 bits per heavy atom. The van der Waals surface area contributed by atoms with Gasteiger partial charge in [0.15, 0.2) is 5.72 Å². The number of anilines is 1. The molecule has 0 bridgehead atoms. The molecule has 3 heterocycles. The van der Waals surface area contributed by atoms with Gasteiger partial charge in [-0.05, 0) is 46.0 Å². The summed E-state index contributed by atoms with van der Waals surface area (Å²) < 4.78 is 7.08. The van der Waals surface area contributed by atoms with Gasteiger partial charge in [-0.1, -0.05) is 23.7 Å². The van der Waals surface area contributed by atoms with E-state index in [2.05, 4.69) is 25.6 Å². The van der Waals surface area contributed by atoms with E-state index in [1.807, 2.05) is 6.92 Å². The highest BCUT2D eigenvalue weighted by Crippen LogP contribution is 2.23. The quantitative estimate of drug-likeness (QED) is 0.404. The molecule has 3 N–H and O–H groups in total. The average molecular weight is 500 g/mol. The van der Waals surface area contributed by atoms with Gasteiger partial charge in [0.2, 0.25) is 5.95 Å². The molecule has 0 aliphatic carbocycles. The van der Waals surface area contributed by atoms with E-state index in [-0.39, 0.29) is 18.3 Å². The molecular weight excluding hydrogens is 470 g/mol. The Labute approximate surface area is 209 Å². The number of nitrogens with zero attached hydrogens (tertiary/aromatic N) is 5. The number of nitrogens with one attached hydrogen (secondary N) is 2. The molecule has 1 aliphatic heterocycles. The van der Waals surface area contributed by atoms with Gasteiger partial charge >= 0.3 is 0 Å². The summed E-state index contributed by atoms with van der Waals surface area (Å²) >= 11 is 6.12. The van der Waals surface area contributed by atoms with Crippen molar-refractivity contribution < 1.29 is 14.6 Å². The van der Waals surface area contributed by atoms with Gasteiger partial charge in [0.05, 0.1) is 6.54 Å². The van der Waals surface area contributed by atoms with Gasteiger partial charge in [0.25, 0.3) is 5.91 Å². The lowest BCUT2D eigenvalue weighted by atomic mass is 10.0. The maximum absolute atomic E-state index is 13.1. The van der Waals surface area contributed by atoms with Gasteiger partial charge in [-0.3, -0.25) is 9.36 Å². The highest BCUT2D eigenvalue weighted by molar-refractivity contribution is 6.30. The molecule has 1 amide bonds. The molecule has 0 spiro atoms. The molecule has 11 heteroatoms. The lowest BCUT2D eigenvalue weighted by Crippen LogP contribution is -2.52. The van der Waals surface area contributed by atoms with Gasteiger partial charge in [0.1, 0.15) is 17.8 Å². The number of aromatic nitrogens is 4. The van der Waals surface area contributed by atoms with Crippen molar-refractivity contribution in [3.8, 4) is 5.82 Å². The molecule has 0 saturated carbocycles. The normalized spacial score (nSPS) is 16.2. The molecule has 0 radical (unpaired) electrons. The highest BCUT2D eigenvalue weighted by Gasteiger charge is 2.33. The van der Waals surface area contributed by atoms with Crippen LogP contribution in [0, 0.1) is 6.92 Å². The van der Waals surface area contributed by atoms with Crippen molar-refractivity contribution in [1.82, 2.24) is 29.7 Å². The fraction of sp³-hybridized carbons (Fsp3) is 0.417. The van der Waals surface area contributed by atoms with Gasteiger partial charge in [-0.15, -0.1) is 0 Å². The van der Waals surface area contributed by atoms with E-state index in [1.165, 1.54) is 6.33 Å². The first kappa shape index (κ1) is 25.1. The Hall–Kier alpha value is -3.05. The van der Waals surface area contributed by atoms with Crippen LogP contribution in [0.25, 0.3) is 5.82 Å². The second kappa shape index (κ2) is 10.7. The number of hydrogen-bond acceptors (Lipinski definition) is 8. The molecule has 1 aliphatic rings. The first-order valence-electron chi connectivity index (χ1n) is 11.4. The number of aryl methyl sites for hydroxylation is 1. The van der Waals surface area contributed by atoms with E-state index in [1.54, 1.807) is 60.2 Å². The van der Waals surface area contributed by atoms with Crippen molar-refractivity contribution >= 4 is 23.5 Å². The van der Waals surface area contributed by atoms with E-state index in [0.29, 0.717) is 35.6 Å². The number of halogens is 1. The van der Waals surface area contributed by atoms with E-state index < -0.39 is 11.6 Å². The minimum atomic E-state index is -1.67. The third-order valence-electron chi connectivity index (χ3n) is 5.73. The number of hydrogen-bond donors (Lipinski definition) is 3. The minimum absolute atomic E-state index is 0.140. The summed E-state index contributed by atoms with van der Waals surface area (Å²) in [7, 11) is 3.61. The van der Waals surface area contributed by atoms with E-state index in [4.69, 9.17) is 16.3 Å². The van der Waals surface area contributed by atoms with Crippen LogP contribution in [0.5, 0.6) is 0 Å². The number of benzene rings is 1. The Kier molecular flexibility index (Phi) is 7.66. The molecule has 4 rings (SSSR count). The second-order valence-corrected chi connectivity index (χ2v) is 9.40. The molecule has 2 aromatic heterocycles. The fourth-order valence-corrected chi connectivity index (χ4v) is 4.19. The standard InChI is InChI=1S/C24H30ClN7O3/c1-16-12-26-23(28-19-7-9-35-10-8-19)29-21(16)32-13-20(27-15-32)22(33)30-24(34,14-31(2)3)17-5-4-6-18(25)11-17/h4-6,11-13,15,19,34H,7-10,14H2,1-3H3,(H,30,33)(H,26,28,29). The molecule has 1 aromatic carbocycles. The topological polar surface area (TPSA) is 117 Å². The summed E-state index contributed by atoms with van der Waals surface area (Å²) in [6.07, 6.45) is 6.62. The van der Waals surface area contributed by atoms with Crippen molar-refractivity contribution in [2.75, 3.05) is 39.2 Å². The fourth-order valence-electron chi connectivity index (χ4n) is 4.00. The Balaban J connectivity index is 1.54. The van der Waals surface area contributed by atoms with Crippen LogP contribution >= 0.6 is 11.6 Å². The molecule has 10 nitrogen and oxygen atoms in total. The van der Waals surface area contributed by atoms with E-state index in [9.17, 15) is 9.90 Å². The van der Waals surface area contributed by atoms with Crippen LogP contribution in [0.3, 0.4) is 0 Å². The predicted molar refractivity (Wildman–Crippen MR) is 133 cm³/mol. The monoisotopic (exact) mass is 499 g/mol. The number of aliphatic hydroxyl groups is 1. The number of ether oxygens (including phenoxy) is 1. The molecule has 3 aromatic rings. The largest absolute Gasteiger partial charge is 0.381 e. The molecular formula is C24H30ClN7O3. The van der Waals surface area contributed by atoms with Gasteiger partial charge in [0, 0.05) is 47.8 Å². The predicted octanol–water partition coefficient (Wildman–Crippen LogP) is 2.35. The summed E-state index contributed by atoms with van der Waals surface area (Å²) in [4.78, 5) is 28.2. The Bertz CT molecular complexity index is 1180. The zero-order valence-corrected chi connectivity index (χ0v) is 20.8. The van der Waals surface area contributed by atoms with Crippen molar-refractivity contribution in [3.05, 3.63) is 64.8 Å². The minimum Gasteiger partial charge on any atom is -0.381 e. The van der Waals surface area contributed by atoms with E-state index in [0.717, 1.165) is 18.4 Å². The van der Waals surface area contributed by atoms with Crippen molar-refractivity contribution in [1.29, 1.82) is 0 Å². The van der Waals surface area contributed by atoms with Crippen LogP contribution in [0.1, 0.15) is 34.5 Å². The SMILES string of the molecule is Cc1cnc(NC2CCOCC2)nc1-n1cnc(C(=O)NC(O)(CN(C)C)c2cccc(Cl)c2)c1. The number of amides is 1. The zero-order valence-electron chi connectivity index (χ0n) is 20.0. The Morgan fingerprint density at radius 3 is 2.80 bits per heavy atom. The molecule has 35 heavy (non-hydrogen) atoms. The third kappa shape index (κ3) is 6.15. The van der Waals surface area contributed by atoms with Crippen LogP contribution in [-0.2, 0) is 10.5 Å². The van der Waals surface area contributed by atoms with Crippen LogP contribution in [-0.4, -0.2) is 75.3 Å². The summed E-state index contributed by atoms with van der Waals surface area (Å²) in [5.74, 6) is 0.596. The number of carbonyl (C=O) groups is 1. The summed E-state index contributed by atoms with van der Waals surface area (Å²) in [5, 5.41) is 17.9. The summed E-state index contributed by atoms with van der Waals surface area (Å²) in [6, 6.07) is 7.03. The molecule has 1 unspecified atom stereocenters. The zero-order chi connectivity index (χ0) is 25.0. The maximum atomic E-state index is 13.1. The van der Waals surface area contributed by atoms with Crippen molar-refractivity contribution in [2.45, 2.75) is 31.5 Å². The molecule has 1 saturated heterocycles. The van der Waals surface area contributed by atoms with E-state index >= 15 is 0 Å². The lowest BCUT2D eigenvalue weighted by Gasteiger charge is -2.32. The summed E-state index contributed by atoms with van der Waals surface area (Å²) in [5.41, 5.74) is -0.223. The van der Waals surface area contributed by atoms with Crippen LogP contribution in [0.2, 0.25) is 5.02 Å². The maximum Gasteiger partial charge on any atom is 0.273 e. The van der Waals surface area contributed by atoms with Crippen molar-refractivity contribution in [2.24, 2.45) is 0 Å².